The van der Waals surface area contributed by atoms with Crippen LogP contribution in [0, 0.1) is 0 Å². The van der Waals surface area contributed by atoms with Gasteiger partial charge in [-0.25, -0.2) is 8.78 Å². The van der Waals surface area contributed by atoms with Crippen LogP contribution in [0.5, 0.6) is 0 Å². The number of carbonyl (C=O) groups is 2. The number of rotatable bonds is 5. The van der Waals surface area contributed by atoms with E-state index in [0.29, 0.717) is 0 Å². The number of nitrogens with one attached hydrogen (secondary N) is 2. The summed E-state index contributed by atoms with van der Waals surface area (Å²) in [6.45, 7) is -0.659. The summed E-state index contributed by atoms with van der Waals surface area (Å²) >= 11 is 0.807. The topological polar surface area (TPSA) is 110 Å². The lowest BCUT2D eigenvalue weighted by Crippen LogP contribution is -2.19. The summed E-state index contributed by atoms with van der Waals surface area (Å²) in [7, 11) is 1.39. The van der Waals surface area contributed by atoms with Crippen LogP contribution in [0.25, 0.3) is 0 Å². The van der Waals surface area contributed by atoms with Gasteiger partial charge >= 0.3 is 0 Å². The molecule has 0 fully saturated rings. The summed E-state index contributed by atoms with van der Waals surface area (Å²) in [4.78, 5) is 22.7. The Morgan fingerprint density at radius 2 is 2.06 bits per heavy atom. The molecule has 0 atom stereocenters. The van der Waals surface area contributed by atoms with Gasteiger partial charge in [0.25, 0.3) is 18.2 Å². The van der Waals surface area contributed by atoms with Crippen molar-refractivity contribution >= 4 is 33.8 Å². The average molecular weight is 278 g/mol. The monoisotopic (exact) mass is 278 g/mol. The number of anilines is 2. The zero-order valence-electron chi connectivity index (χ0n) is 9.42. The van der Waals surface area contributed by atoms with E-state index in [4.69, 9.17) is 11.5 Å². The summed E-state index contributed by atoms with van der Waals surface area (Å²) < 4.78 is 24.2. The standard InChI is InChI=1S/C9H12F2N4O2S/c1-14-8(17)6-5(12)4(7(13)16)9(18-6)15-2-3(10)11/h3,15H,2,12H2,1H3,(H2,13,16)(H,14,17). The SMILES string of the molecule is CNC(=O)c1sc(NCC(F)F)c(C(N)=O)c1N. The highest BCUT2D eigenvalue weighted by atomic mass is 32.1. The first-order valence-electron chi connectivity index (χ1n) is 4.84. The number of primary amides is 1. The van der Waals surface area contributed by atoms with E-state index in [9.17, 15) is 18.4 Å². The van der Waals surface area contributed by atoms with Gasteiger partial charge in [0.05, 0.1) is 17.8 Å². The highest BCUT2D eigenvalue weighted by Gasteiger charge is 2.23. The highest BCUT2D eigenvalue weighted by molar-refractivity contribution is 7.19. The van der Waals surface area contributed by atoms with Crippen LogP contribution in [0.3, 0.4) is 0 Å². The third-order valence-electron chi connectivity index (χ3n) is 2.04. The maximum Gasteiger partial charge on any atom is 0.263 e. The Balaban J connectivity index is 3.15. The molecule has 2 amide bonds. The van der Waals surface area contributed by atoms with Gasteiger partial charge in [-0.15, -0.1) is 11.3 Å². The fraction of sp³-hybridized carbons (Fsp3) is 0.333. The Labute approximate surface area is 105 Å². The average Bonchev–Trinajstić information content (AvgIpc) is 2.62. The molecule has 0 aliphatic carbocycles. The number of hydrogen-bond donors (Lipinski definition) is 4. The third kappa shape index (κ3) is 2.86. The zero-order valence-corrected chi connectivity index (χ0v) is 10.2. The maximum absolute atomic E-state index is 12.1. The number of carbonyl (C=O) groups excluding carboxylic acids is 2. The van der Waals surface area contributed by atoms with E-state index in [-0.39, 0.29) is 21.1 Å². The van der Waals surface area contributed by atoms with E-state index in [1.807, 2.05) is 0 Å². The molecule has 0 unspecified atom stereocenters. The molecule has 1 rings (SSSR count). The van der Waals surface area contributed by atoms with Crippen molar-refractivity contribution in [1.29, 1.82) is 0 Å². The molecule has 100 valence electrons. The van der Waals surface area contributed by atoms with Crippen molar-refractivity contribution in [3.05, 3.63) is 10.4 Å². The van der Waals surface area contributed by atoms with Crippen LogP contribution in [0.2, 0.25) is 0 Å². The summed E-state index contributed by atoms with van der Waals surface area (Å²) in [6, 6.07) is 0. The Bertz CT molecular complexity index is 475. The van der Waals surface area contributed by atoms with E-state index in [1.54, 1.807) is 0 Å². The van der Waals surface area contributed by atoms with Crippen LogP contribution in [-0.2, 0) is 0 Å². The second-order valence-corrected chi connectivity index (χ2v) is 4.28. The molecule has 0 saturated carbocycles. The Kier molecular flexibility index (Phi) is 4.43. The lowest BCUT2D eigenvalue weighted by molar-refractivity contribution is 0.0967. The van der Waals surface area contributed by atoms with Crippen LogP contribution in [0.4, 0.5) is 19.5 Å². The second-order valence-electron chi connectivity index (χ2n) is 3.26. The molecule has 18 heavy (non-hydrogen) atoms. The first kappa shape index (κ1) is 14.2. The lowest BCUT2D eigenvalue weighted by atomic mass is 10.2. The Morgan fingerprint density at radius 3 is 2.50 bits per heavy atom. The van der Waals surface area contributed by atoms with E-state index in [2.05, 4.69) is 10.6 Å². The molecular formula is C9H12F2N4O2S. The van der Waals surface area contributed by atoms with Gasteiger partial charge in [0, 0.05) is 7.05 Å². The molecule has 9 heteroatoms. The lowest BCUT2D eigenvalue weighted by Gasteiger charge is -2.04. The van der Waals surface area contributed by atoms with Gasteiger partial charge in [-0.2, -0.15) is 0 Å². The summed E-state index contributed by atoms with van der Waals surface area (Å²) in [5.74, 6) is -1.39. The third-order valence-corrected chi connectivity index (χ3v) is 3.20. The number of alkyl halides is 2. The second kappa shape index (κ2) is 5.63. The first-order valence-corrected chi connectivity index (χ1v) is 5.66. The molecule has 6 nitrogen and oxygen atoms in total. The molecular weight excluding hydrogens is 266 g/mol. The number of nitrogens with two attached hydrogens (primary N) is 2. The molecule has 6 N–H and O–H groups in total. The molecule has 1 aromatic rings. The molecule has 1 heterocycles. The summed E-state index contributed by atoms with van der Waals surface area (Å²) in [5.41, 5.74) is 10.5. The van der Waals surface area contributed by atoms with Crippen LogP contribution >= 0.6 is 11.3 Å². The maximum atomic E-state index is 12.1. The van der Waals surface area contributed by atoms with Gasteiger partial charge in [-0.3, -0.25) is 9.59 Å². The molecule has 0 aliphatic heterocycles. The summed E-state index contributed by atoms with van der Waals surface area (Å²) in [6.07, 6.45) is -2.60. The van der Waals surface area contributed by atoms with Crippen molar-refractivity contribution in [3.8, 4) is 0 Å². The smallest absolute Gasteiger partial charge is 0.263 e. The quantitative estimate of drug-likeness (QED) is 0.627. The number of thiophene rings is 1. The molecule has 0 bridgehead atoms. The van der Waals surface area contributed by atoms with E-state index in [0.717, 1.165) is 11.3 Å². The van der Waals surface area contributed by atoms with E-state index < -0.39 is 24.8 Å². The Hall–Kier alpha value is -1.90. The molecule has 0 saturated heterocycles. The van der Waals surface area contributed by atoms with Crippen molar-refractivity contribution in [2.45, 2.75) is 6.43 Å². The number of hydrogen-bond acceptors (Lipinski definition) is 5. The van der Waals surface area contributed by atoms with Crippen LogP contribution < -0.4 is 22.1 Å². The van der Waals surface area contributed by atoms with Crippen molar-refractivity contribution in [2.75, 3.05) is 24.6 Å². The largest absolute Gasteiger partial charge is 0.397 e. The normalized spacial score (nSPS) is 10.4. The fourth-order valence-corrected chi connectivity index (χ4v) is 2.34. The Morgan fingerprint density at radius 1 is 1.44 bits per heavy atom. The predicted octanol–water partition coefficient (Wildman–Crippen LogP) is 0.466. The van der Waals surface area contributed by atoms with Gasteiger partial charge in [0.15, 0.2) is 0 Å². The predicted molar refractivity (Wildman–Crippen MR) is 65.1 cm³/mol. The first-order chi connectivity index (χ1) is 8.38. The highest BCUT2D eigenvalue weighted by Crippen LogP contribution is 2.35. The van der Waals surface area contributed by atoms with Gasteiger partial charge in [0.1, 0.15) is 9.88 Å². The molecule has 0 aromatic carbocycles. The number of halogens is 2. The van der Waals surface area contributed by atoms with E-state index >= 15 is 0 Å². The van der Waals surface area contributed by atoms with Crippen molar-refractivity contribution in [1.82, 2.24) is 5.32 Å². The van der Waals surface area contributed by atoms with Gasteiger partial charge in [-0.1, -0.05) is 0 Å². The fourth-order valence-electron chi connectivity index (χ4n) is 1.27. The zero-order chi connectivity index (χ0) is 13.9. The van der Waals surface area contributed by atoms with Crippen molar-refractivity contribution < 1.29 is 18.4 Å². The molecule has 0 aliphatic rings. The number of amides is 2. The van der Waals surface area contributed by atoms with Gasteiger partial charge in [-0.05, 0) is 0 Å². The van der Waals surface area contributed by atoms with Crippen molar-refractivity contribution in [2.24, 2.45) is 5.73 Å². The number of nitrogen functional groups attached to an aromatic ring is 1. The van der Waals surface area contributed by atoms with Gasteiger partial charge in [0.2, 0.25) is 0 Å². The summed E-state index contributed by atoms with van der Waals surface area (Å²) in [5, 5.41) is 4.74. The minimum Gasteiger partial charge on any atom is -0.397 e. The van der Waals surface area contributed by atoms with Crippen LogP contribution in [0.1, 0.15) is 20.0 Å². The van der Waals surface area contributed by atoms with Gasteiger partial charge < -0.3 is 22.1 Å². The molecule has 1 aromatic heterocycles. The molecule has 0 radical (unpaired) electrons. The van der Waals surface area contributed by atoms with Crippen LogP contribution in [0.15, 0.2) is 0 Å². The van der Waals surface area contributed by atoms with Crippen molar-refractivity contribution in [3.63, 3.8) is 0 Å². The van der Waals surface area contributed by atoms with Crippen LogP contribution in [-0.4, -0.2) is 31.8 Å². The minimum atomic E-state index is -2.60. The molecule has 0 spiro atoms. The minimum absolute atomic E-state index is 0.0584. The van der Waals surface area contributed by atoms with E-state index in [1.165, 1.54) is 7.05 Å².